The minimum absolute atomic E-state index is 0.0551. The molecule has 0 aromatic heterocycles. The lowest BCUT2D eigenvalue weighted by molar-refractivity contribution is -0.140. The Labute approximate surface area is 254 Å². The Morgan fingerprint density at radius 2 is 1.57 bits per heavy atom. The number of sulfonamides is 1. The highest BCUT2D eigenvalue weighted by molar-refractivity contribution is 7.92. The highest BCUT2D eigenvalue weighted by atomic mass is 35.5. The molecule has 0 aliphatic heterocycles. The third-order valence-electron chi connectivity index (χ3n) is 8.01. The lowest BCUT2D eigenvalue weighted by Crippen LogP contribution is -2.55. The number of nitrogens with zero attached hydrogens (tertiary/aromatic N) is 2. The van der Waals surface area contributed by atoms with Gasteiger partial charge >= 0.3 is 0 Å². The second-order valence-corrected chi connectivity index (χ2v) is 13.5. The second-order valence-electron chi connectivity index (χ2n) is 11.2. The van der Waals surface area contributed by atoms with E-state index in [1.165, 1.54) is 4.90 Å². The number of amides is 2. The van der Waals surface area contributed by atoms with Gasteiger partial charge in [-0.3, -0.25) is 13.9 Å². The number of aryl methyl sites for hydroxylation is 1. The van der Waals surface area contributed by atoms with E-state index >= 15 is 0 Å². The SMILES string of the molecule is Cc1cccc(N(CC(=O)N(Cc2ccc(Cl)cc2)C(Cc2ccccc2)C(=O)NC2CCCCC2)S(C)(=O)=O)c1C. The van der Waals surface area contributed by atoms with E-state index in [0.717, 1.165) is 64.9 Å². The molecule has 9 heteroatoms. The van der Waals surface area contributed by atoms with Crippen LogP contribution >= 0.6 is 11.6 Å². The summed E-state index contributed by atoms with van der Waals surface area (Å²) < 4.78 is 27.3. The average molecular weight is 610 g/mol. The van der Waals surface area contributed by atoms with Gasteiger partial charge in [-0.25, -0.2) is 8.42 Å². The van der Waals surface area contributed by atoms with E-state index in [-0.39, 0.29) is 18.5 Å². The first kappa shape index (κ1) is 31.6. The predicted molar refractivity (Wildman–Crippen MR) is 169 cm³/mol. The molecule has 1 atom stereocenters. The van der Waals surface area contributed by atoms with Gasteiger partial charge in [0.1, 0.15) is 12.6 Å². The van der Waals surface area contributed by atoms with Crippen LogP contribution in [-0.2, 0) is 32.6 Å². The van der Waals surface area contributed by atoms with E-state index < -0.39 is 28.5 Å². The number of benzene rings is 3. The highest BCUT2D eigenvalue weighted by Gasteiger charge is 2.34. The molecule has 1 N–H and O–H groups in total. The first-order valence-corrected chi connectivity index (χ1v) is 16.7. The van der Waals surface area contributed by atoms with Crippen LogP contribution < -0.4 is 9.62 Å². The van der Waals surface area contributed by atoms with Crippen molar-refractivity contribution in [3.63, 3.8) is 0 Å². The van der Waals surface area contributed by atoms with Crippen molar-refractivity contribution in [2.24, 2.45) is 0 Å². The average Bonchev–Trinajstić information content (AvgIpc) is 2.96. The van der Waals surface area contributed by atoms with Gasteiger partial charge in [-0.1, -0.05) is 85.5 Å². The van der Waals surface area contributed by atoms with Crippen LogP contribution in [0.2, 0.25) is 5.02 Å². The smallest absolute Gasteiger partial charge is 0.244 e. The van der Waals surface area contributed by atoms with Crippen molar-refractivity contribution in [3.8, 4) is 0 Å². The summed E-state index contributed by atoms with van der Waals surface area (Å²) in [6.07, 6.45) is 6.47. The maximum absolute atomic E-state index is 14.3. The summed E-state index contributed by atoms with van der Waals surface area (Å²) in [5.41, 5.74) is 3.83. The zero-order valence-corrected chi connectivity index (χ0v) is 26.1. The molecular weight excluding hydrogens is 570 g/mol. The Morgan fingerprint density at radius 3 is 2.21 bits per heavy atom. The van der Waals surface area contributed by atoms with Crippen molar-refractivity contribution >= 4 is 39.1 Å². The van der Waals surface area contributed by atoms with Gasteiger partial charge in [0.05, 0.1) is 11.9 Å². The molecule has 0 radical (unpaired) electrons. The van der Waals surface area contributed by atoms with Crippen LogP contribution in [0.4, 0.5) is 5.69 Å². The van der Waals surface area contributed by atoms with Gasteiger partial charge in [0.25, 0.3) is 0 Å². The summed E-state index contributed by atoms with van der Waals surface area (Å²) in [6, 6.07) is 21.3. The number of hydrogen-bond acceptors (Lipinski definition) is 4. The van der Waals surface area contributed by atoms with Crippen LogP contribution in [-0.4, -0.2) is 50.0 Å². The molecule has 0 spiro atoms. The molecule has 0 heterocycles. The molecule has 42 heavy (non-hydrogen) atoms. The van der Waals surface area contributed by atoms with Crippen LogP contribution in [0.25, 0.3) is 0 Å². The number of hydrogen-bond donors (Lipinski definition) is 1. The third-order valence-corrected chi connectivity index (χ3v) is 9.39. The number of halogens is 1. The van der Waals surface area contributed by atoms with Crippen LogP contribution in [0, 0.1) is 13.8 Å². The van der Waals surface area contributed by atoms with Crippen LogP contribution in [0.1, 0.15) is 54.4 Å². The minimum Gasteiger partial charge on any atom is -0.352 e. The van der Waals surface area contributed by atoms with Gasteiger partial charge < -0.3 is 10.2 Å². The van der Waals surface area contributed by atoms with E-state index in [1.54, 1.807) is 24.3 Å². The summed E-state index contributed by atoms with van der Waals surface area (Å²) in [4.78, 5) is 29.8. The lowest BCUT2D eigenvalue weighted by Gasteiger charge is -2.35. The molecule has 3 aromatic rings. The standard InChI is InChI=1S/C33H40ClN3O4S/c1-24-11-10-16-30(25(24)2)37(42(3,40)41)23-32(38)36(22-27-17-19-28(34)20-18-27)31(21-26-12-6-4-7-13-26)33(39)35-29-14-8-5-9-15-29/h4,6-7,10-13,16-20,29,31H,5,8-9,14-15,21-23H2,1-3H3,(H,35,39). The second kappa shape index (κ2) is 14.2. The Bertz CT molecular complexity index is 1470. The Kier molecular flexibility index (Phi) is 10.7. The Balaban J connectivity index is 1.73. The number of carbonyl (C=O) groups excluding carboxylic acids is 2. The molecule has 4 rings (SSSR count). The molecule has 1 unspecified atom stereocenters. The maximum Gasteiger partial charge on any atom is 0.244 e. The quantitative estimate of drug-likeness (QED) is 0.297. The molecule has 1 aliphatic carbocycles. The van der Waals surface area contributed by atoms with Gasteiger partial charge in [0, 0.05) is 24.0 Å². The Hall–Kier alpha value is -3.36. The normalized spacial score (nSPS) is 14.7. The fourth-order valence-corrected chi connectivity index (χ4v) is 6.51. The molecule has 1 fully saturated rings. The van der Waals surface area contributed by atoms with Crippen molar-refractivity contribution in [1.29, 1.82) is 0 Å². The zero-order valence-electron chi connectivity index (χ0n) is 24.6. The van der Waals surface area contributed by atoms with E-state index in [0.29, 0.717) is 17.1 Å². The minimum atomic E-state index is -3.82. The molecule has 0 bridgehead atoms. The van der Waals surface area contributed by atoms with Gasteiger partial charge in [-0.05, 0) is 67.1 Å². The summed E-state index contributed by atoms with van der Waals surface area (Å²) >= 11 is 6.14. The van der Waals surface area contributed by atoms with Crippen molar-refractivity contribution < 1.29 is 18.0 Å². The fourth-order valence-electron chi connectivity index (χ4n) is 5.49. The van der Waals surface area contributed by atoms with Gasteiger partial charge in [-0.15, -0.1) is 0 Å². The van der Waals surface area contributed by atoms with Crippen molar-refractivity contribution in [2.45, 2.75) is 71.0 Å². The van der Waals surface area contributed by atoms with Gasteiger partial charge in [0.2, 0.25) is 21.8 Å². The molecule has 2 amide bonds. The topological polar surface area (TPSA) is 86.8 Å². The van der Waals surface area contributed by atoms with Crippen LogP contribution in [0.5, 0.6) is 0 Å². The fraction of sp³-hybridized carbons (Fsp3) is 0.394. The van der Waals surface area contributed by atoms with E-state index in [9.17, 15) is 18.0 Å². The first-order chi connectivity index (χ1) is 20.0. The molecule has 1 saturated carbocycles. The molecule has 3 aromatic carbocycles. The lowest BCUT2D eigenvalue weighted by atomic mass is 9.94. The summed E-state index contributed by atoms with van der Waals surface area (Å²) in [7, 11) is -3.82. The number of nitrogens with one attached hydrogen (secondary N) is 1. The summed E-state index contributed by atoms with van der Waals surface area (Å²) in [5.74, 6) is -0.693. The molecule has 1 aliphatic rings. The van der Waals surface area contributed by atoms with Crippen molar-refractivity contribution in [1.82, 2.24) is 10.2 Å². The van der Waals surface area contributed by atoms with Crippen molar-refractivity contribution in [2.75, 3.05) is 17.1 Å². The summed E-state index contributed by atoms with van der Waals surface area (Å²) in [6.45, 7) is 3.43. The molecule has 7 nitrogen and oxygen atoms in total. The summed E-state index contributed by atoms with van der Waals surface area (Å²) in [5, 5.41) is 3.78. The monoisotopic (exact) mass is 609 g/mol. The predicted octanol–water partition coefficient (Wildman–Crippen LogP) is 5.81. The highest BCUT2D eigenvalue weighted by Crippen LogP contribution is 2.26. The molecular formula is C33H40ClN3O4S. The molecule has 224 valence electrons. The van der Waals surface area contributed by atoms with Crippen molar-refractivity contribution in [3.05, 3.63) is 100 Å². The Morgan fingerprint density at radius 1 is 0.905 bits per heavy atom. The number of rotatable bonds is 11. The van der Waals surface area contributed by atoms with Crippen LogP contribution in [0.3, 0.4) is 0 Å². The van der Waals surface area contributed by atoms with Gasteiger partial charge in [0.15, 0.2) is 0 Å². The largest absolute Gasteiger partial charge is 0.352 e. The van der Waals surface area contributed by atoms with E-state index in [1.807, 2.05) is 62.4 Å². The molecule has 0 saturated heterocycles. The number of carbonyl (C=O) groups is 2. The third kappa shape index (κ3) is 8.35. The van der Waals surface area contributed by atoms with E-state index in [2.05, 4.69) is 5.32 Å². The van der Waals surface area contributed by atoms with Gasteiger partial charge in [-0.2, -0.15) is 0 Å². The van der Waals surface area contributed by atoms with Crippen LogP contribution in [0.15, 0.2) is 72.8 Å². The van der Waals surface area contributed by atoms with E-state index in [4.69, 9.17) is 11.6 Å². The zero-order chi connectivity index (χ0) is 30.3. The maximum atomic E-state index is 14.3. The first-order valence-electron chi connectivity index (χ1n) is 14.4. The number of anilines is 1.